The van der Waals surface area contributed by atoms with E-state index in [9.17, 15) is 0 Å². The summed E-state index contributed by atoms with van der Waals surface area (Å²) >= 11 is 0. The van der Waals surface area contributed by atoms with E-state index in [0.717, 1.165) is 6.42 Å². The lowest BCUT2D eigenvalue weighted by molar-refractivity contribution is 0.274. The van der Waals surface area contributed by atoms with Crippen molar-refractivity contribution in [3.8, 4) is 0 Å². The van der Waals surface area contributed by atoms with Gasteiger partial charge in [0.15, 0.2) is 0 Å². The number of nitrogens with zero attached hydrogens (tertiary/aromatic N) is 1. The highest BCUT2D eigenvalue weighted by Crippen LogP contribution is 2.28. The van der Waals surface area contributed by atoms with Crippen LogP contribution in [0.15, 0.2) is 23.4 Å². The molecular weight excluding hydrogens is 278 g/mol. The molecule has 0 aromatic rings. The number of allylic oxidation sites excluding steroid dienone is 2. The molecule has 0 radical (unpaired) electrons. The van der Waals surface area contributed by atoms with Crippen LogP contribution in [0.5, 0.6) is 0 Å². The molecule has 0 fully saturated rings. The molecule has 1 aliphatic heterocycles. The molecule has 1 rings (SSSR count). The minimum atomic E-state index is 0.671. The molecule has 0 bridgehead atoms. The Morgan fingerprint density at radius 2 is 1.43 bits per heavy atom. The van der Waals surface area contributed by atoms with Gasteiger partial charge < -0.3 is 4.90 Å². The van der Waals surface area contributed by atoms with Gasteiger partial charge in [0.05, 0.1) is 0 Å². The molecule has 0 amide bonds. The molecule has 0 aromatic heterocycles. The van der Waals surface area contributed by atoms with Crippen LogP contribution in [0.4, 0.5) is 0 Å². The third kappa shape index (κ3) is 7.59. The van der Waals surface area contributed by atoms with Crippen LogP contribution in [0.1, 0.15) is 105 Å². The van der Waals surface area contributed by atoms with Crippen LogP contribution in [0.2, 0.25) is 0 Å². The minimum Gasteiger partial charge on any atom is -0.370 e. The summed E-state index contributed by atoms with van der Waals surface area (Å²) in [4.78, 5) is 2.66. The fraction of sp³-hybridized carbons (Fsp3) is 0.818. The predicted molar refractivity (Wildman–Crippen MR) is 105 cm³/mol. The van der Waals surface area contributed by atoms with E-state index >= 15 is 0 Å². The topological polar surface area (TPSA) is 3.24 Å². The number of unbranched alkanes of at least 4 members (excludes halogenated alkanes) is 7. The second kappa shape index (κ2) is 12.7. The Balaban J connectivity index is 2.37. The van der Waals surface area contributed by atoms with Crippen molar-refractivity contribution < 1.29 is 0 Å². The highest BCUT2D eigenvalue weighted by atomic mass is 15.1. The Kier molecular flexibility index (Phi) is 11.2. The van der Waals surface area contributed by atoms with E-state index in [-0.39, 0.29) is 0 Å². The van der Waals surface area contributed by atoms with Gasteiger partial charge >= 0.3 is 0 Å². The molecule has 23 heavy (non-hydrogen) atoms. The summed E-state index contributed by atoms with van der Waals surface area (Å²) in [6.07, 6.45) is 21.2. The Morgan fingerprint density at radius 1 is 0.783 bits per heavy atom. The molecule has 1 aliphatic rings. The van der Waals surface area contributed by atoms with Crippen LogP contribution in [0.25, 0.3) is 0 Å². The predicted octanol–water partition coefficient (Wildman–Crippen LogP) is 7.24. The lowest BCUT2D eigenvalue weighted by Crippen LogP contribution is -2.35. The second-order valence-electron chi connectivity index (χ2n) is 7.15. The summed E-state index contributed by atoms with van der Waals surface area (Å²) in [6, 6.07) is 0.671. The van der Waals surface area contributed by atoms with Gasteiger partial charge in [0.1, 0.15) is 0 Å². The maximum Gasteiger partial charge on any atom is 0.0499 e. The lowest BCUT2D eigenvalue weighted by Gasteiger charge is -2.36. The molecule has 0 aromatic carbocycles. The zero-order chi connectivity index (χ0) is 16.9. The number of hydrogen-bond acceptors (Lipinski definition) is 1. The summed E-state index contributed by atoms with van der Waals surface area (Å²) in [5.74, 6) is 0. The quantitative estimate of drug-likeness (QED) is 0.323. The van der Waals surface area contributed by atoms with Crippen molar-refractivity contribution in [2.45, 2.75) is 111 Å². The Hall–Kier alpha value is -0.720. The lowest BCUT2D eigenvalue weighted by atomic mass is 9.92. The van der Waals surface area contributed by atoms with Crippen molar-refractivity contribution in [2.24, 2.45) is 0 Å². The van der Waals surface area contributed by atoms with Gasteiger partial charge in [-0.1, -0.05) is 85.1 Å². The maximum atomic E-state index is 2.66. The average molecular weight is 320 g/mol. The third-order valence-electron chi connectivity index (χ3n) is 5.18. The Morgan fingerprint density at radius 3 is 2.00 bits per heavy atom. The van der Waals surface area contributed by atoms with E-state index < -0.39 is 0 Å². The largest absolute Gasteiger partial charge is 0.370 e. The zero-order valence-electron chi connectivity index (χ0n) is 16.4. The third-order valence-corrected chi connectivity index (χ3v) is 5.18. The zero-order valence-corrected chi connectivity index (χ0v) is 16.4. The number of rotatable bonds is 13. The van der Waals surface area contributed by atoms with Crippen molar-refractivity contribution in [3.05, 3.63) is 23.4 Å². The van der Waals surface area contributed by atoms with Gasteiger partial charge in [-0.25, -0.2) is 0 Å². The van der Waals surface area contributed by atoms with E-state index in [2.05, 4.69) is 44.9 Å². The van der Waals surface area contributed by atoms with Crippen molar-refractivity contribution >= 4 is 0 Å². The van der Waals surface area contributed by atoms with Crippen LogP contribution in [0, 0.1) is 0 Å². The first-order valence-electron chi connectivity index (χ1n) is 10.4. The van der Waals surface area contributed by atoms with Crippen LogP contribution in [-0.2, 0) is 0 Å². The summed E-state index contributed by atoms with van der Waals surface area (Å²) in [7, 11) is 0. The standard InChI is InChI=1S/C22H41N/c1-5-9-10-11-12-13-14-15-17-23-19-20(7-3)18-21(8-4)22(23)16-6-2/h18-19,22H,5-17H2,1-4H3. The monoisotopic (exact) mass is 319 g/mol. The molecule has 1 nitrogen and oxygen atoms in total. The summed E-state index contributed by atoms with van der Waals surface area (Å²) in [6.45, 7) is 10.5. The molecule has 1 heterocycles. The van der Waals surface area contributed by atoms with Gasteiger partial charge in [-0.3, -0.25) is 0 Å². The molecule has 0 saturated carbocycles. The van der Waals surface area contributed by atoms with E-state index in [1.54, 1.807) is 5.57 Å². The summed E-state index contributed by atoms with van der Waals surface area (Å²) in [5, 5.41) is 0. The first kappa shape index (κ1) is 20.3. The first-order valence-corrected chi connectivity index (χ1v) is 10.4. The SMILES string of the molecule is CCCCCCCCCCN1C=C(CC)C=C(CC)C1CCC. The maximum absolute atomic E-state index is 2.66. The smallest absolute Gasteiger partial charge is 0.0499 e. The molecule has 134 valence electrons. The van der Waals surface area contributed by atoms with Crippen molar-refractivity contribution in [2.75, 3.05) is 6.54 Å². The normalized spacial score (nSPS) is 18.1. The summed E-state index contributed by atoms with van der Waals surface area (Å²) in [5.41, 5.74) is 3.18. The molecule has 1 unspecified atom stereocenters. The van der Waals surface area contributed by atoms with Crippen molar-refractivity contribution in [1.29, 1.82) is 0 Å². The summed E-state index contributed by atoms with van der Waals surface area (Å²) < 4.78 is 0. The minimum absolute atomic E-state index is 0.671. The second-order valence-corrected chi connectivity index (χ2v) is 7.15. The van der Waals surface area contributed by atoms with Gasteiger partial charge in [-0.2, -0.15) is 0 Å². The van der Waals surface area contributed by atoms with Crippen LogP contribution in [-0.4, -0.2) is 17.5 Å². The molecule has 1 atom stereocenters. The van der Waals surface area contributed by atoms with E-state index in [1.807, 2.05) is 0 Å². The van der Waals surface area contributed by atoms with Crippen LogP contribution < -0.4 is 0 Å². The molecular formula is C22H41N. The molecule has 0 N–H and O–H groups in total. The fourth-order valence-electron chi connectivity index (χ4n) is 3.69. The molecule has 0 spiro atoms. The Bertz CT molecular complexity index is 353. The van der Waals surface area contributed by atoms with E-state index in [4.69, 9.17) is 0 Å². The first-order chi connectivity index (χ1) is 11.3. The van der Waals surface area contributed by atoms with E-state index in [1.165, 1.54) is 82.7 Å². The van der Waals surface area contributed by atoms with Crippen molar-refractivity contribution in [1.82, 2.24) is 4.90 Å². The van der Waals surface area contributed by atoms with Gasteiger partial charge in [0.25, 0.3) is 0 Å². The van der Waals surface area contributed by atoms with Crippen molar-refractivity contribution in [3.63, 3.8) is 0 Å². The van der Waals surface area contributed by atoms with Gasteiger partial charge in [0, 0.05) is 18.8 Å². The van der Waals surface area contributed by atoms with Gasteiger partial charge in [-0.15, -0.1) is 0 Å². The van der Waals surface area contributed by atoms with Gasteiger partial charge in [-0.05, 0) is 36.8 Å². The van der Waals surface area contributed by atoms with Gasteiger partial charge in [0.2, 0.25) is 0 Å². The average Bonchev–Trinajstić information content (AvgIpc) is 2.58. The molecule has 1 heteroatoms. The van der Waals surface area contributed by atoms with Crippen LogP contribution >= 0.6 is 0 Å². The fourth-order valence-corrected chi connectivity index (χ4v) is 3.69. The highest BCUT2D eigenvalue weighted by Gasteiger charge is 2.21. The van der Waals surface area contributed by atoms with Crippen LogP contribution in [0.3, 0.4) is 0 Å². The highest BCUT2D eigenvalue weighted by molar-refractivity contribution is 5.31. The van der Waals surface area contributed by atoms with E-state index in [0.29, 0.717) is 6.04 Å². The number of hydrogen-bond donors (Lipinski definition) is 0. The Labute approximate surface area is 146 Å². The molecule has 0 aliphatic carbocycles. The molecule has 0 saturated heterocycles.